The SMILES string of the molecule is COCc1[nH]nc(N)c1-c1nc2ccccc2n1C. The molecule has 1 aromatic carbocycles. The molecule has 0 atom stereocenters. The number of anilines is 1. The number of nitrogens with zero attached hydrogens (tertiary/aromatic N) is 3. The lowest BCUT2D eigenvalue weighted by atomic mass is 10.2. The van der Waals surface area contributed by atoms with Gasteiger partial charge >= 0.3 is 0 Å². The third kappa shape index (κ3) is 1.77. The lowest BCUT2D eigenvalue weighted by Crippen LogP contribution is -1.98. The van der Waals surface area contributed by atoms with Gasteiger partial charge in [0, 0.05) is 14.2 Å². The van der Waals surface area contributed by atoms with Gasteiger partial charge in [0.05, 0.1) is 28.9 Å². The minimum Gasteiger partial charge on any atom is -0.382 e. The summed E-state index contributed by atoms with van der Waals surface area (Å²) in [4.78, 5) is 4.63. The second-order valence-electron chi connectivity index (χ2n) is 4.38. The number of H-pyrrole nitrogens is 1. The molecule has 0 amide bonds. The highest BCUT2D eigenvalue weighted by Gasteiger charge is 2.18. The van der Waals surface area contributed by atoms with Crippen LogP contribution < -0.4 is 5.73 Å². The van der Waals surface area contributed by atoms with Crippen molar-refractivity contribution >= 4 is 16.9 Å². The maximum Gasteiger partial charge on any atom is 0.156 e. The van der Waals surface area contributed by atoms with E-state index in [1.165, 1.54) is 0 Å². The average molecular weight is 257 g/mol. The van der Waals surface area contributed by atoms with Gasteiger partial charge in [0.15, 0.2) is 5.82 Å². The van der Waals surface area contributed by atoms with Crippen LogP contribution in [0, 0.1) is 0 Å². The van der Waals surface area contributed by atoms with Gasteiger partial charge in [-0.3, -0.25) is 5.10 Å². The van der Waals surface area contributed by atoms with Crippen LogP contribution in [0.5, 0.6) is 0 Å². The van der Waals surface area contributed by atoms with Crippen molar-refractivity contribution in [3.8, 4) is 11.4 Å². The summed E-state index contributed by atoms with van der Waals surface area (Å²) in [5.74, 6) is 1.23. The normalized spacial score (nSPS) is 11.3. The first-order valence-corrected chi connectivity index (χ1v) is 5.96. The molecule has 3 N–H and O–H groups in total. The molecule has 6 heteroatoms. The van der Waals surface area contributed by atoms with Gasteiger partial charge in [-0.25, -0.2) is 4.98 Å². The Morgan fingerprint density at radius 3 is 2.89 bits per heavy atom. The van der Waals surface area contributed by atoms with Gasteiger partial charge in [-0.1, -0.05) is 12.1 Å². The van der Waals surface area contributed by atoms with E-state index in [4.69, 9.17) is 10.5 Å². The Morgan fingerprint density at radius 1 is 1.37 bits per heavy atom. The number of nitrogens with two attached hydrogens (primary N) is 1. The Kier molecular flexibility index (Phi) is 2.72. The molecular formula is C13H15N5O. The number of nitrogens with one attached hydrogen (secondary N) is 1. The number of nitrogen functional groups attached to an aromatic ring is 1. The minimum absolute atomic E-state index is 0.419. The molecule has 19 heavy (non-hydrogen) atoms. The van der Waals surface area contributed by atoms with Gasteiger partial charge in [-0.05, 0) is 12.1 Å². The second kappa shape index (κ2) is 4.40. The van der Waals surface area contributed by atoms with Crippen LogP contribution in [0.2, 0.25) is 0 Å². The van der Waals surface area contributed by atoms with Crippen LogP contribution in [-0.4, -0.2) is 26.9 Å². The molecule has 98 valence electrons. The predicted molar refractivity (Wildman–Crippen MR) is 73.4 cm³/mol. The summed E-state index contributed by atoms with van der Waals surface area (Å²) in [6, 6.07) is 7.96. The smallest absolute Gasteiger partial charge is 0.156 e. The second-order valence-corrected chi connectivity index (χ2v) is 4.38. The molecule has 3 aromatic rings. The maximum absolute atomic E-state index is 5.94. The largest absolute Gasteiger partial charge is 0.382 e. The number of aromatic amines is 1. The molecule has 0 bridgehead atoms. The number of rotatable bonds is 3. The van der Waals surface area contributed by atoms with Crippen LogP contribution in [0.25, 0.3) is 22.4 Å². The van der Waals surface area contributed by atoms with E-state index in [-0.39, 0.29) is 0 Å². The number of hydrogen-bond donors (Lipinski definition) is 2. The third-order valence-corrected chi connectivity index (χ3v) is 3.17. The highest BCUT2D eigenvalue weighted by atomic mass is 16.5. The fourth-order valence-corrected chi connectivity index (χ4v) is 2.26. The summed E-state index contributed by atoms with van der Waals surface area (Å²) < 4.78 is 7.16. The van der Waals surface area contributed by atoms with Crippen LogP contribution in [0.15, 0.2) is 24.3 Å². The number of imidazole rings is 1. The van der Waals surface area contributed by atoms with Gasteiger partial charge in [0.2, 0.25) is 0 Å². The summed E-state index contributed by atoms with van der Waals surface area (Å²) in [7, 11) is 3.60. The summed E-state index contributed by atoms with van der Waals surface area (Å²) in [5, 5.41) is 6.93. The van der Waals surface area contributed by atoms with Crippen molar-refractivity contribution in [2.75, 3.05) is 12.8 Å². The summed E-state index contributed by atoms with van der Waals surface area (Å²) in [6.07, 6.45) is 0. The van der Waals surface area contributed by atoms with Crippen LogP contribution in [0.1, 0.15) is 5.69 Å². The molecule has 0 aliphatic heterocycles. The maximum atomic E-state index is 5.94. The minimum atomic E-state index is 0.419. The number of benzene rings is 1. The van der Waals surface area contributed by atoms with Gasteiger partial charge in [-0.2, -0.15) is 5.10 Å². The van der Waals surface area contributed by atoms with Crippen LogP contribution in [0.3, 0.4) is 0 Å². The van der Waals surface area contributed by atoms with E-state index in [0.717, 1.165) is 28.1 Å². The molecule has 0 saturated carbocycles. The topological polar surface area (TPSA) is 81.8 Å². The van der Waals surface area contributed by atoms with Gasteiger partial charge in [-0.15, -0.1) is 0 Å². The van der Waals surface area contributed by atoms with Crippen LogP contribution in [-0.2, 0) is 18.4 Å². The molecule has 0 fully saturated rings. The summed E-state index contributed by atoms with van der Waals surface area (Å²) in [5.41, 5.74) is 9.57. The molecule has 3 rings (SSSR count). The molecule has 0 unspecified atom stereocenters. The van der Waals surface area contributed by atoms with E-state index in [0.29, 0.717) is 12.4 Å². The third-order valence-electron chi connectivity index (χ3n) is 3.17. The fourth-order valence-electron chi connectivity index (χ4n) is 2.26. The van der Waals surface area contributed by atoms with E-state index in [1.54, 1.807) is 7.11 Å². The molecule has 0 saturated heterocycles. The van der Waals surface area contributed by atoms with Crippen molar-refractivity contribution in [3.05, 3.63) is 30.0 Å². The van der Waals surface area contributed by atoms with E-state index < -0.39 is 0 Å². The number of aryl methyl sites for hydroxylation is 1. The van der Waals surface area contributed by atoms with Crippen molar-refractivity contribution < 1.29 is 4.74 Å². The highest BCUT2D eigenvalue weighted by molar-refractivity contribution is 5.83. The molecule has 0 aliphatic rings. The zero-order valence-electron chi connectivity index (χ0n) is 10.8. The van der Waals surface area contributed by atoms with Crippen molar-refractivity contribution in [1.29, 1.82) is 0 Å². The quantitative estimate of drug-likeness (QED) is 0.748. The van der Waals surface area contributed by atoms with E-state index in [2.05, 4.69) is 15.2 Å². The van der Waals surface area contributed by atoms with Crippen molar-refractivity contribution in [2.45, 2.75) is 6.61 Å². The zero-order valence-corrected chi connectivity index (χ0v) is 10.8. The number of para-hydroxylation sites is 2. The Bertz CT molecular complexity index is 728. The molecule has 0 aliphatic carbocycles. The van der Waals surface area contributed by atoms with Crippen LogP contribution >= 0.6 is 0 Å². The number of methoxy groups -OCH3 is 1. The number of fused-ring (bicyclic) bond motifs is 1. The van der Waals surface area contributed by atoms with Gasteiger partial charge in [0.25, 0.3) is 0 Å². The molecule has 0 radical (unpaired) electrons. The first-order valence-electron chi connectivity index (χ1n) is 5.96. The Labute approximate surface area is 110 Å². The number of ether oxygens (including phenoxy) is 1. The van der Waals surface area contributed by atoms with E-state index >= 15 is 0 Å². The lowest BCUT2D eigenvalue weighted by molar-refractivity contribution is 0.182. The first-order chi connectivity index (χ1) is 9.22. The van der Waals surface area contributed by atoms with Crippen molar-refractivity contribution in [1.82, 2.24) is 19.7 Å². The van der Waals surface area contributed by atoms with Crippen molar-refractivity contribution in [3.63, 3.8) is 0 Å². The molecule has 2 heterocycles. The highest BCUT2D eigenvalue weighted by Crippen LogP contribution is 2.29. The lowest BCUT2D eigenvalue weighted by Gasteiger charge is -2.04. The standard InChI is InChI=1S/C13H15N5O/c1-18-10-6-4-3-5-8(10)15-13(18)11-9(7-19-2)16-17-12(11)14/h3-6H,7H2,1-2H3,(H3,14,16,17). The average Bonchev–Trinajstić information content (AvgIpc) is 2.92. The molecule has 6 nitrogen and oxygen atoms in total. The molecular weight excluding hydrogens is 242 g/mol. The number of hydrogen-bond acceptors (Lipinski definition) is 4. The van der Waals surface area contributed by atoms with E-state index in [1.807, 2.05) is 35.9 Å². The summed E-state index contributed by atoms with van der Waals surface area (Å²) >= 11 is 0. The van der Waals surface area contributed by atoms with Crippen molar-refractivity contribution in [2.24, 2.45) is 7.05 Å². The number of aromatic nitrogens is 4. The van der Waals surface area contributed by atoms with Gasteiger partial charge < -0.3 is 15.0 Å². The Hall–Kier alpha value is -2.34. The monoisotopic (exact) mass is 257 g/mol. The molecule has 0 spiro atoms. The van der Waals surface area contributed by atoms with E-state index in [9.17, 15) is 0 Å². The first kappa shape index (κ1) is 11.7. The van der Waals surface area contributed by atoms with Gasteiger partial charge in [0.1, 0.15) is 5.82 Å². The zero-order chi connectivity index (χ0) is 13.4. The molecule has 2 aromatic heterocycles. The fraction of sp³-hybridized carbons (Fsp3) is 0.231. The Balaban J connectivity index is 2.24. The predicted octanol–water partition coefficient (Wildman–Crippen LogP) is 1.69. The van der Waals surface area contributed by atoms with Crippen LogP contribution in [0.4, 0.5) is 5.82 Å². The summed E-state index contributed by atoms with van der Waals surface area (Å²) in [6.45, 7) is 0.419. The Morgan fingerprint density at radius 2 is 2.16 bits per heavy atom.